The Hall–Kier alpha value is -0.950. The first kappa shape index (κ1) is 16.1. The van der Waals surface area contributed by atoms with Crippen molar-refractivity contribution in [2.75, 3.05) is 32.6 Å². The number of aliphatic carboxylic acids is 1. The number of carbonyl (C=O) groups is 2. The van der Waals surface area contributed by atoms with Crippen molar-refractivity contribution < 1.29 is 19.4 Å². The van der Waals surface area contributed by atoms with E-state index in [4.69, 9.17) is 4.74 Å². The summed E-state index contributed by atoms with van der Waals surface area (Å²) in [5.74, 6) is -0.867. The van der Waals surface area contributed by atoms with Gasteiger partial charge in [0.15, 0.2) is 0 Å². The first-order valence-electron chi connectivity index (χ1n) is 6.36. The van der Waals surface area contributed by atoms with E-state index in [2.05, 4.69) is 10.6 Å². The van der Waals surface area contributed by atoms with Gasteiger partial charge in [-0.3, -0.25) is 4.79 Å². The predicted octanol–water partition coefficient (Wildman–Crippen LogP) is 0.918. The van der Waals surface area contributed by atoms with Gasteiger partial charge >= 0.3 is 12.0 Å². The minimum absolute atomic E-state index is 0.144. The van der Waals surface area contributed by atoms with Crippen molar-refractivity contribution in [1.82, 2.24) is 10.6 Å². The summed E-state index contributed by atoms with van der Waals surface area (Å²) in [6, 6.07) is -0.312. The number of urea groups is 1. The molecule has 1 heterocycles. The van der Waals surface area contributed by atoms with Crippen LogP contribution in [-0.2, 0) is 9.53 Å². The number of rotatable bonds is 6. The van der Waals surface area contributed by atoms with Crippen molar-refractivity contribution in [1.29, 1.82) is 0 Å². The quantitative estimate of drug-likeness (QED) is 0.677. The van der Waals surface area contributed by atoms with Gasteiger partial charge in [-0.25, -0.2) is 4.79 Å². The van der Waals surface area contributed by atoms with Crippen molar-refractivity contribution in [2.24, 2.45) is 5.41 Å². The highest BCUT2D eigenvalue weighted by Gasteiger charge is 2.40. The maximum Gasteiger partial charge on any atom is 0.314 e. The summed E-state index contributed by atoms with van der Waals surface area (Å²) < 4.78 is 5.18. The fourth-order valence-electron chi connectivity index (χ4n) is 1.86. The molecule has 1 rings (SSSR count). The van der Waals surface area contributed by atoms with Gasteiger partial charge < -0.3 is 20.5 Å². The standard InChI is InChI=1S/C12H22N2O4S/c1-9(19-2)7-13-11(17)14-8-12(10(15)16)3-5-18-6-4-12/h9H,3-8H2,1-2H3,(H,15,16)(H2,13,14,17). The first-order chi connectivity index (χ1) is 9.00. The van der Waals surface area contributed by atoms with Crippen LogP contribution in [0.5, 0.6) is 0 Å². The molecule has 7 heteroatoms. The van der Waals surface area contributed by atoms with Crippen molar-refractivity contribution in [3.63, 3.8) is 0 Å². The monoisotopic (exact) mass is 290 g/mol. The summed E-state index contributed by atoms with van der Waals surface area (Å²) in [7, 11) is 0. The number of carboxylic acid groups (broad SMARTS) is 1. The molecule has 1 saturated heterocycles. The second kappa shape index (κ2) is 7.59. The van der Waals surface area contributed by atoms with Gasteiger partial charge in [0.05, 0.1) is 5.41 Å². The molecule has 0 aromatic rings. The minimum Gasteiger partial charge on any atom is -0.481 e. The Balaban J connectivity index is 2.39. The van der Waals surface area contributed by atoms with E-state index in [-0.39, 0.29) is 12.6 Å². The van der Waals surface area contributed by atoms with Crippen LogP contribution >= 0.6 is 11.8 Å². The Morgan fingerprint density at radius 3 is 2.53 bits per heavy atom. The zero-order valence-corrected chi connectivity index (χ0v) is 12.2. The van der Waals surface area contributed by atoms with Gasteiger partial charge in [-0.15, -0.1) is 0 Å². The van der Waals surface area contributed by atoms with E-state index < -0.39 is 11.4 Å². The Morgan fingerprint density at radius 1 is 1.37 bits per heavy atom. The van der Waals surface area contributed by atoms with E-state index in [0.717, 1.165) is 0 Å². The number of carboxylic acids is 1. The fourth-order valence-corrected chi connectivity index (χ4v) is 2.11. The topological polar surface area (TPSA) is 87.7 Å². The van der Waals surface area contributed by atoms with Crippen LogP contribution in [0.2, 0.25) is 0 Å². The normalized spacial score (nSPS) is 19.5. The summed E-state index contributed by atoms with van der Waals surface area (Å²) in [5.41, 5.74) is -0.888. The van der Waals surface area contributed by atoms with Gasteiger partial charge in [0, 0.05) is 31.6 Å². The van der Waals surface area contributed by atoms with Gasteiger partial charge in [0.2, 0.25) is 0 Å². The van der Waals surface area contributed by atoms with E-state index in [1.165, 1.54) is 0 Å². The van der Waals surface area contributed by atoms with Crippen LogP contribution in [0.1, 0.15) is 19.8 Å². The van der Waals surface area contributed by atoms with Crippen molar-refractivity contribution >= 4 is 23.8 Å². The molecular formula is C12H22N2O4S. The SMILES string of the molecule is CSC(C)CNC(=O)NCC1(C(=O)O)CCOCC1. The number of carbonyl (C=O) groups excluding carboxylic acids is 1. The number of nitrogens with one attached hydrogen (secondary N) is 2. The molecule has 1 atom stereocenters. The number of hydrogen-bond acceptors (Lipinski definition) is 4. The molecule has 0 saturated carbocycles. The summed E-state index contributed by atoms with van der Waals surface area (Å²) in [6.07, 6.45) is 2.85. The van der Waals surface area contributed by atoms with Crippen LogP contribution in [0.25, 0.3) is 0 Å². The Morgan fingerprint density at radius 2 is 2.00 bits per heavy atom. The molecule has 0 aromatic carbocycles. The van der Waals surface area contributed by atoms with E-state index in [0.29, 0.717) is 37.9 Å². The Labute approximate surface area is 117 Å². The molecule has 19 heavy (non-hydrogen) atoms. The highest BCUT2D eigenvalue weighted by molar-refractivity contribution is 7.99. The van der Waals surface area contributed by atoms with Gasteiger partial charge in [-0.1, -0.05) is 6.92 Å². The maximum absolute atomic E-state index is 11.6. The molecule has 3 N–H and O–H groups in total. The summed E-state index contributed by atoms with van der Waals surface area (Å²) in [5, 5.41) is 15.1. The lowest BCUT2D eigenvalue weighted by molar-refractivity contribution is -0.154. The van der Waals surface area contributed by atoms with Crippen LogP contribution in [0.3, 0.4) is 0 Å². The minimum atomic E-state index is -0.888. The van der Waals surface area contributed by atoms with Gasteiger partial charge in [-0.05, 0) is 19.1 Å². The number of amides is 2. The summed E-state index contributed by atoms with van der Waals surface area (Å²) >= 11 is 1.66. The van der Waals surface area contributed by atoms with E-state index in [1.54, 1.807) is 11.8 Å². The van der Waals surface area contributed by atoms with Crippen LogP contribution in [0, 0.1) is 5.41 Å². The smallest absolute Gasteiger partial charge is 0.314 e. The molecule has 1 aliphatic rings. The summed E-state index contributed by atoms with van der Waals surface area (Å²) in [6.45, 7) is 3.59. The number of thioether (sulfide) groups is 1. The second-order valence-corrected chi connectivity index (χ2v) is 6.08. The highest BCUT2D eigenvalue weighted by Crippen LogP contribution is 2.29. The van der Waals surface area contributed by atoms with Crippen LogP contribution in [0.4, 0.5) is 4.79 Å². The van der Waals surface area contributed by atoms with Crippen molar-refractivity contribution in [3.8, 4) is 0 Å². The van der Waals surface area contributed by atoms with Gasteiger partial charge in [-0.2, -0.15) is 11.8 Å². The molecule has 6 nitrogen and oxygen atoms in total. The Bertz CT molecular complexity index is 319. The first-order valence-corrected chi connectivity index (χ1v) is 7.64. The van der Waals surface area contributed by atoms with Gasteiger partial charge in [0.25, 0.3) is 0 Å². The molecule has 0 radical (unpaired) electrons. The molecule has 0 bridgehead atoms. The molecule has 0 aliphatic carbocycles. The van der Waals surface area contributed by atoms with Crippen LogP contribution < -0.4 is 10.6 Å². The fraction of sp³-hybridized carbons (Fsp3) is 0.833. The van der Waals surface area contributed by atoms with E-state index in [1.807, 2.05) is 13.2 Å². The molecule has 1 unspecified atom stereocenters. The maximum atomic E-state index is 11.6. The molecular weight excluding hydrogens is 268 g/mol. The van der Waals surface area contributed by atoms with Gasteiger partial charge in [0.1, 0.15) is 0 Å². The third-order valence-corrected chi connectivity index (χ3v) is 4.41. The second-order valence-electron chi connectivity index (χ2n) is 4.81. The Kier molecular flexibility index (Phi) is 6.44. The lowest BCUT2D eigenvalue weighted by Crippen LogP contribution is -2.49. The lowest BCUT2D eigenvalue weighted by atomic mass is 9.80. The molecule has 110 valence electrons. The van der Waals surface area contributed by atoms with Crippen molar-refractivity contribution in [2.45, 2.75) is 25.0 Å². The average molecular weight is 290 g/mol. The largest absolute Gasteiger partial charge is 0.481 e. The number of ether oxygens (including phenoxy) is 1. The summed E-state index contributed by atoms with van der Waals surface area (Å²) in [4.78, 5) is 23.0. The highest BCUT2D eigenvalue weighted by atomic mass is 32.2. The number of hydrogen-bond donors (Lipinski definition) is 3. The van der Waals surface area contributed by atoms with Crippen molar-refractivity contribution in [3.05, 3.63) is 0 Å². The third-order valence-electron chi connectivity index (χ3n) is 3.44. The average Bonchev–Trinajstić information content (AvgIpc) is 2.43. The molecule has 1 fully saturated rings. The lowest BCUT2D eigenvalue weighted by Gasteiger charge is -2.33. The molecule has 0 aromatic heterocycles. The van der Waals surface area contributed by atoms with E-state index in [9.17, 15) is 14.7 Å². The van der Waals surface area contributed by atoms with Crippen LogP contribution in [0.15, 0.2) is 0 Å². The predicted molar refractivity (Wildman–Crippen MR) is 74.5 cm³/mol. The molecule has 2 amide bonds. The molecule has 1 aliphatic heterocycles. The zero-order chi connectivity index (χ0) is 14.3. The third kappa shape index (κ3) is 4.91. The zero-order valence-electron chi connectivity index (χ0n) is 11.4. The molecule has 0 spiro atoms. The van der Waals surface area contributed by atoms with Crippen LogP contribution in [-0.4, -0.2) is 54.9 Å². The van der Waals surface area contributed by atoms with E-state index >= 15 is 0 Å².